The van der Waals surface area contributed by atoms with Crippen LogP contribution >= 0.6 is 11.8 Å². The van der Waals surface area contributed by atoms with Crippen LogP contribution in [0.5, 0.6) is 0 Å². The number of rotatable bonds is 7. The molecule has 0 atom stereocenters. The minimum atomic E-state index is -0.375. The van der Waals surface area contributed by atoms with Gasteiger partial charge < -0.3 is 4.74 Å². The third-order valence-electron chi connectivity index (χ3n) is 6.50. The number of unbranched alkanes of at least 4 members (excludes halogenated alkanes) is 1. The monoisotopic (exact) mass is 512 g/mol. The van der Waals surface area contributed by atoms with Crippen LogP contribution in [0.15, 0.2) is 65.8 Å². The van der Waals surface area contributed by atoms with Crippen LogP contribution in [0.2, 0.25) is 0 Å². The van der Waals surface area contributed by atoms with Crippen molar-refractivity contribution in [2.24, 2.45) is 5.10 Å². The molecule has 2 heterocycles. The SMILES string of the molecule is CCCCc1nc2c(C)cc(C3=NNC(=O)SC3)cc2n1-c1ccccc1-c1ccccc1C(=O)OC. The molecule has 0 radical (unpaired) electrons. The van der Waals surface area contributed by atoms with Crippen molar-refractivity contribution in [3.63, 3.8) is 0 Å². The van der Waals surface area contributed by atoms with Gasteiger partial charge in [-0.1, -0.05) is 61.5 Å². The molecular weight excluding hydrogens is 484 g/mol. The molecule has 188 valence electrons. The van der Waals surface area contributed by atoms with Crippen LogP contribution in [-0.2, 0) is 11.2 Å². The van der Waals surface area contributed by atoms with Gasteiger partial charge in [-0.25, -0.2) is 15.2 Å². The number of benzene rings is 3. The van der Waals surface area contributed by atoms with E-state index < -0.39 is 0 Å². The zero-order chi connectivity index (χ0) is 25.9. The van der Waals surface area contributed by atoms with E-state index in [0.717, 1.165) is 69.8 Å². The highest BCUT2D eigenvalue weighted by atomic mass is 32.2. The first-order valence-corrected chi connectivity index (χ1v) is 13.3. The van der Waals surface area contributed by atoms with Crippen LogP contribution in [0.25, 0.3) is 27.8 Å². The van der Waals surface area contributed by atoms with Gasteiger partial charge in [-0.15, -0.1) is 0 Å². The van der Waals surface area contributed by atoms with E-state index in [1.54, 1.807) is 6.07 Å². The number of aromatic nitrogens is 2. The van der Waals surface area contributed by atoms with Crippen LogP contribution < -0.4 is 5.43 Å². The third kappa shape index (κ3) is 4.76. The second-order valence-electron chi connectivity index (χ2n) is 8.93. The molecular formula is C29H28N4O3S. The summed E-state index contributed by atoms with van der Waals surface area (Å²) in [5, 5.41) is 4.16. The van der Waals surface area contributed by atoms with Gasteiger partial charge in [0.2, 0.25) is 0 Å². The number of para-hydroxylation sites is 1. The maximum Gasteiger partial charge on any atom is 0.338 e. The van der Waals surface area contributed by atoms with Gasteiger partial charge in [-0.2, -0.15) is 5.10 Å². The minimum absolute atomic E-state index is 0.147. The van der Waals surface area contributed by atoms with Crippen molar-refractivity contribution in [2.45, 2.75) is 33.1 Å². The van der Waals surface area contributed by atoms with Crippen LogP contribution in [0.3, 0.4) is 0 Å². The van der Waals surface area contributed by atoms with Crippen molar-refractivity contribution >= 4 is 39.7 Å². The molecule has 1 amide bonds. The number of hydrogen-bond donors (Lipinski definition) is 1. The molecule has 1 aromatic heterocycles. The van der Waals surface area contributed by atoms with Crippen molar-refractivity contribution in [3.8, 4) is 16.8 Å². The van der Waals surface area contributed by atoms with Crippen LogP contribution in [0.4, 0.5) is 4.79 Å². The number of methoxy groups -OCH3 is 1. The van der Waals surface area contributed by atoms with Crippen molar-refractivity contribution in [2.75, 3.05) is 12.9 Å². The van der Waals surface area contributed by atoms with Gasteiger partial charge in [0.1, 0.15) is 5.82 Å². The molecule has 1 N–H and O–H groups in total. The van der Waals surface area contributed by atoms with Crippen molar-refractivity contribution in [3.05, 3.63) is 83.2 Å². The lowest BCUT2D eigenvalue weighted by Crippen LogP contribution is -2.23. The fourth-order valence-electron chi connectivity index (χ4n) is 4.69. The fraction of sp³-hybridized carbons (Fsp3) is 0.241. The van der Waals surface area contributed by atoms with Crippen molar-refractivity contribution < 1.29 is 14.3 Å². The van der Waals surface area contributed by atoms with Gasteiger partial charge in [0.05, 0.1) is 35.1 Å². The summed E-state index contributed by atoms with van der Waals surface area (Å²) in [6.07, 6.45) is 2.87. The van der Waals surface area contributed by atoms with Crippen molar-refractivity contribution in [1.29, 1.82) is 0 Å². The highest BCUT2D eigenvalue weighted by molar-refractivity contribution is 8.14. The van der Waals surface area contributed by atoms with Crippen LogP contribution in [0, 0.1) is 6.92 Å². The predicted molar refractivity (Wildman–Crippen MR) is 149 cm³/mol. The molecule has 4 aromatic rings. The number of ether oxygens (including phenoxy) is 1. The summed E-state index contributed by atoms with van der Waals surface area (Å²) in [7, 11) is 1.40. The molecule has 0 bridgehead atoms. The maximum absolute atomic E-state index is 12.6. The summed E-state index contributed by atoms with van der Waals surface area (Å²) >= 11 is 1.21. The molecule has 0 spiro atoms. The topological polar surface area (TPSA) is 85.6 Å². The van der Waals surface area contributed by atoms with Gasteiger partial charge in [0, 0.05) is 23.3 Å². The number of nitrogens with zero attached hydrogens (tertiary/aromatic N) is 3. The number of hydrogen-bond acceptors (Lipinski definition) is 6. The zero-order valence-corrected chi connectivity index (χ0v) is 21.9. The Labute approximate surface area is 219 Å². The Morgan fingerprint density at radius 3 is 2.59 bits per heavy atom. The standard InChI is InChI=1S/C29H28N4O3S/c1-4-5-14-26-30-27-18(2)15-19(23-17-37-29(35)32-31-23)16-25(27)33(26)24-13-9-8-11-21(24)20-10-6-7-12-22(20)28(34)36-3/h6-13,15-16H,4-5,14,17H2,1-3H3,(H,32,35). The number of esters is 1. The van der Waals surface area contributed by atoms with Crippen LogP contribution in [-0.4, -0.2) is 39.3 Å². The number of carbonyl (C=O) groups is 2. The van der Waals surface area contributed by atoms with E-state index in [1.165, 1.54) is 18.9 Å². The lowest BCUT2D eigenvalue weighted by molar-refractivity contribution is 0.0601. The Bertz CT molecular complexity index is 1540. The molecule has 0 fully saturated rings. The highest BCUT2D eigenvalue weighted by Crippen LogP contribution is 2.34. The molecule has 5 rings (SSSR count). The number of aryl methyl sites for hydroxylation is 2. The first kappa shape index (κ1) is 24.8. The molecule has 0 saturated heterocycles. The smallest absolute Gasteiger partial charge is 0.338 e. The van der Waals surface area contributed by atoms with Gasteiger partial charge in [-0.3, -0.25) is 9.36 Å². The molecule has 1 aliphatic rings. The number of nitrogens with one attached hydrogen (secondary N) is 1. The summed E-state index contributed by atoms with van der Waals surface area (Å²) in [5.74, 6) is 1.10. The van der Waals surface area contributed by atoms with E-state index in [1.807, 2.05) is 36.4 Å². The molecule has 7 nitrogen and oxygen atoms in total. The maximum atomic E-state index is 12.6. The quantitative estimate of drug-likeness (QED) is 0.294. The molecule has 3 aromatic carbocycles. The average molecular weight is 513 g/mol. The normalized spacial score (nSPS) is 13.4. The Morgan fingerprint density at radius 2 is 1.86 bits per heavy atom. The van der Waals surface area contributed by atoms with E-state index in [2.05, 4.69) is 47.1 Å². The van der Waals surface area contributed by atoms with Gasteiger partial charge in [-0.05, 0) is 48.7 Å². The zero-order valence-electron chi connectivity index (χ0n) is 21.1. The lowest BCUT2D eigenvalue weighted by atomic mass is 9.97. The second-order valence-corrected chi connectivity index (χ2v) is 9.88. The van der Waals surface area contributed by atoms with E-state index in [-0.39, 0.29) is 11.2 Å². The number of hydrazone groups is 1. The molecule has 37 heavy (non-hydrogen) atoms. The Morgan fingerprint density at radius 1 is 1.11 bits per heavy atom. The highest BCUT2D eigenvalue weighted by Gasteiger charge is 2.22. The first-order chi connectivity index (χ1) is 18.0. The summed E-state index contributed by atoms with van der Waals surface area (Å²) in [6, 6.07) is 19.8. The summed E-state index contributed by atoms with van der Waals surface area (Å²) in [5.41, 5.74) is 10.5. The average Bonchev–Trinajstić information content (AvgIpc) is 3.30. The van der Waals surface area contributed by atoms with Gasteiger partial charge in [0.15, 0.2) is 0 Å². The third-order valence-corrected chi connectivity index (χ3v) is 7.27. The second kappa shape index (κ2) is 10.6. The Hall–Kier alpha value is -3.91. The fourth-order valence-corrected chi connectivity index (χ4v) is 5.30. The summed E-state index contributed by atoms with van der Waals surface area (Å²) in [4.78, 5) is 29.3. The molecule has 0 saturated carbocycles. The summed E-state index contributed by atoms with van der Waals surface area (Å²) < 4.78 is 7.29. The minimum Gasteiger partial charge on any atom is -0.465 e. The van der Waals surface area contributed by atoms with Gasteiger partial charge in [0.25, 0.3) is 5.24 Å². The lowest BCUT2D eigenvalue weighted by Gasteiger charge is -2.17. The van der Waals surface area contributed by atoms with Crippen LogP contribution in [0.1, 0.15) is 47.1 Å². The van der Waals surface area contributed by atoms with E-state index >= 15 is 0 Å². The summed E-state index contributed by atoms with van der Waals surface area (Å²) in [6.45, 7) is 4.23. The number of carbonyl (C=O) groups excluding carboxylic acids is 2. The van der Waals surface area contributed by atoms with E-state index in [0.29, 0.717) is 11.3 Å². The molecule has 8 heteroatoms. The number of amides is 1. The van der Waals surface area contributed by atoms with Crippen molar-refractivity contribution in [1.82, 2.24) is 15.0 Å². The van der Waals surface area contributed by atoms with E-state index in [4.69, 9.17) is 9.72 Å². The Kier molecular flexibility index (Phi) is 7.10. The Balaban J connectivity index is 1.77. The predicted octanol–water partition coefficient (Wildman–Crippen LogP) is 6.29. The molecule has 0 unspecified atom stereocenters. The molecule has 0 aliphatic carbocycles. The number of thioether (sulfide) groups is 1. The first-order valence-electron chi connectivity index (χ1n) is 12.3. The largest absolute Gasteiger partial charge is 0.465 e. The molecule has 1 aliphatic heterocycles. The number of imidazole rings is 1. The van der Waals surface area contributed by atoms with E-state index in [9.17, 15) is 9.59 Å². The number of fused-ring (bicyclic) bond motifs is 1. The van der Waals surface area contributed by atoms with Gasteiger partial charge >= 0.3 is 5.97 Å².